The molecule has 3 aromatic rings. The van der Waals surface area contributed by atoms with E-state index in [1.165, 1.54) is 12.1 Å². The van der Waals surface area contributed by atoms with Crippen LogP contribution >= 0.6 is 0 Å². The van der Waals surface area contributed by atoms with Crippen molar-refractivity contribution in [3.8, 4) is 23.0 Å². The maximum absolute atomic E-state index is 12.5. The molecule has 3 heterocycles. The minimum absolute atomic E-state index is 0.0253. The van der Waals surface area contributed by atoms with Crippen LogP contribution in [0.25, 0.3) is 11.5 Å². The number of rotatable bonds is 5. The monoisotopic (exact) mass is 375 g/mol. The van der Waals surface area contributed by atoms with Crippen molar-refractivity contribution in [2.75, 3.05) is 13.2 Å². The van der Waals surface area contributed by atoms with Gasteiger partial charge < -0.3 is 18.3 Å². The van der Waals surface area contributed by atoms with Gasteiger partial charge >= 0.3 is 0 Å². The van der Waals surface area contributed by atoms with Gasteiger partial charge in [0, 0.05) is 12.5 Å². The highest BCUT2D eigenvalue weighted by Gasteiger charge is 2.19. The maximum Gasteiger partial charge on any atom is 0.241 e. The molecule has 1 N–H and O–H groups in total. The fourth-order valence-corrected chi connectivity index (χ4v) is 3.59. The molecule has 0 atom stereocenters. The van der Waals surface area contributed by atoms with E-state index in [-0.39, 0.29) is 11.4 Å². The molecular formula is C18H17NO6S. The van der Waals surface area contributed by atoms with Gasteiger partial charge in [0.2, 0.25) is 10.0 Å². The Hall–Kier alpha value is -2.71. The Morgan fingerprint density at radius 2 is 1.81 bits per heavy atom. The second kappa shape index (κ2) is 6.89. The first kappa shape index (κ1) is 16.7. The summed E-state index contributed by atoms with van der Waals surface area (Å²) in [7, 11) is -3.72. The number of furan rings is 2. The Balaban J connectivity index is 1.48. The van der Waals surface area contributed by atoms with Crippen LogP contribution in [0.15, 0.2) is 62.5 Å². The van der Waals surface area contributed by atoms with Gasteiger partial charge in [0.25, 0.3) is 0 Å². The third-order valence-corrected chi connectivity index (χ3v) is 5.29. The molecule has 0 aliphatic carbocycles. The van der Waals surface area contributed by atoms with E-state index < -0.39 is 10.0 Å². The summed E-state index contributed by atoms with van der Waals surface area (Å²) >= 11 is 0. The lowest BCUT2D eigenvalue weighted by Crippen LogP contribution is -2.23. The summed E-state index contributed by atoms with van der Waals surface area (Å²) < 4.78 is 49.5. The minimum Gasteiger partial charge on any atom is -0.490 e. The van der Waals surface area contributed by atoms with Gasteiger partial charge in [-0.15, -0.1) is 0 Å². The van der Waals surface area contributed by atoms with E-state index in [4.69, 9.17) is 18.3 Å². The molecule has 1 aliphatic rings. The third kappa shape index (κ3) is 3.47. The van der Waals surface area contributed by atoms with Crippen LogP contribution in [0.5, 0.6) is 11.5 Å². The average Bonchev–Trinajstić information content (AvgIpc) is 3.27. The summed E-state index contributed by atoms with van der Waals surface area (Å²) in [6.45, 7) is 1.07. The SMILES string of the molecule is O=S(=O)(NCc1ccc(-c2ccco2)o1)c1ccc2c(c1)OCCCO2. The normalized spacial score (nSPS) is 14.2. The molecule has 0 radical (unpaired) electrons. The Morgan fingerprint density at radius 3 is 2.62 bits per heavy atom. The highest BCUT2D eigenvalue weighted by Crippen LogP contribution is 2.32. The zero-order valence-corrected chi connectivity index (χ0v) is 14.6. The summed E-state index contributed by atoms with van der Waals surface area (Å²) in [5, 5.41) is 0. The molecule has 0 unspecified atom stereocenters. The number of nitrogens with one attached hydrogen (secondary N) is 1. The minimum atomic E-state index is -3.72. The van der Waals surface area contributed by atoms with Crippen LogP contribution in [0.2, 0.25) is 0 Å². The lowest BCUT2D eigenvalue weighted by molar-refractivity contribution is 0.297. The van der Waals surface area contributed by atoms with Gasteiger partial charge in [0.05, 0.1) is 30.9 Å². The fraction of sp³-hybridized carbons (Fsp3) is 0.222. The number of ether oxygens (including phenoxy) is 2. The Bertz CT molecular complexity index is 991. The zero-order valence-electron chi connectivity index (χ0n) is 13.8. The summed E-state index contributed by atoms with van der Waals surface area (Å²) in [6, 6.07) is 11.5. The first-order valence-corrected chi connectivity index (χ1v) is 9.62. The Labute approximate surface area is 150 Å². The predicted octanol–water partition coefficient (Wildman–Crippen LogP) is 3.18. The van der Waals surface area contributed by atoms with E-state index in [0.29, 0.717) is 42.0 Å². The van der Waals surface area contributed by atoms with Gasteiger partial charge in [-0.25, -0.2) is 13.1 Å². The number of benzene rings is 1. The Morgan fingerprint density at radius 1 is 0.962 bits per heavy atom. The zero-order chi connectivity index (χ0) is 18.0. The topological polar surface area (TPSA) is 90.9 Å². The molecule has 1 aromatic carbocycles. The maximum atomic E-state index is 12.5. The van der Waals surface area contributed by atoms with Crippen molar-refractivity contribution in [3.05, 3.63) is 54.5 Å². The summed E-state index contributed by atoms with van der Waals surface area (Å²) in [5.41, 5.74) is 0. The first-order valence-electron chi connectivity index (χ1n) is 8.14. The van der Waals surface area contributed by atoms with E-state index in [0.717, 1.165) is 6.42 Å². The van der Waals surface area contributed by atoms with E-state index in [2.05, 4.69) is 4.72 Å². The van der Waals surface area contributed by atoms with Crippen molar-refractivity contribution in [2.24, 2.45) is 0 Å². The van der Waals surface area contributed by atoms with Crippen LogP contribution in [0.4, 0.5) is 0 Å². The molecule has 0 amide bonds. The molecule has 0 saturated heterocycles. The van der Waals surface area contributed by atoms with E-state index in [1.54, 1.807) is 36.6 Å². The average molecular weight is 375 g/mol. The van der Waals surface area contributed by atoms with Crippen molar-refractivity contribution >= 4 is 10.0 Å². The van der Waals surface area contributed by atoms with Crippen molar-refractivity contribution in [2.45, 2.75) is 17.9 Å². The van der Waals surface area contributed by atoms with Crippen LogP contribution in [-0.4, -0.2) is 21.6 Å². The van der Waals surface area contributed by atoms with E-state index >= 15 is 0 Å². The van der Waals surface area contributed by atoms with Gasteiger partial charge in [0.15, 0.2) is 23.0 Å². The fourth-order valence-electron chi connectivity index (χ4n) is 2.58. The second-order valence-electron chi connectivity index (χ2n) is 5.73. The number of hydrogen-bond acceptors (Lipinski definition) is 6. The summed E-state index contributed by atoms with van der Waals surface area (Å²) in [5.74, 6) is 2.59. The summed E-state index contributed by atoms with van der Waals surface area (Å²) in [4.78, 5) is 0.111. The van der Waals surface area contributed by atoms with Gasteiger partial charge in [-0.1, -0.05) is 0 Å². The lowest BCUT2D eigenvalue weighted by atomic mass is 10.3. The molecular weight excluding hydrogens is 358 g/mol. The third-order valence-electron chi connectivity index (χ3n) is 3.89. The Kier molecular flexibility index (Phi) is 4.44. The smallest absolute Gasteiger partial charge is 0.241 e. The highest BCUT2D eigenvalue weighted by molar-refractivity contribution is 7.89. The molecule has 0 fully saturated rings. The van der Waals surface area contributed by atoms with Crippen LogP contribution in [0.3, 0.4) is 0 Å². The highest BCUT2D eigenvalue weighted by atomic mass is 32.2. The van der Waals surface area contributed by atoms with E-state index in [1.807, 2.05) is 0 Å². The van der Waals surface area contributed by atoms with Gasteiger partial charge in [-0.2, -0.15) is 0 Å². The van der Waals surface area contributed by atoms with Gasteiger partial charge in [-0.05, 0) is 36.4 Å². The number of fused-ring (bicyclic) bond motifs is 1. The van der Waals surface area contributed by atoms with Crippen molar-refractivity contribution in [1.29, 1.82) is 0 Å². The van der Waals surface area contributed by atoms with Crippen LogP contribution in [0, 0.1) is 0 Å². The molecule has 136 valence electrons. The standard InChI is InChI=1S/C18H17NO6S/c20-26(21,14-5-7-16-18(11-14)24-10-2-9-23-16)19-12-13-4-6-17(25-13)15-3-1-8-22-15/h1,3-8,11,19H,2,9-10,12H2. The van der Waals surface area contributed by atoms with Crippen LogP contribution in [0.1, 0.15) is 12.2 Å². The molecule has 0 saturated carbocycles. The van der Waals surface area contributed by atoms with Gasteiger partial charge in [0.1, 0.15) is 5.76 Å². The molecule has 7 nitrogen and oxygen atoms in total. The molecule has 0 bridgehead atoms. The largest absolute Gasteiger partial charge is 0.490 e. The van der Waals surface area contributed by atoms with Crippen molar-refractivity contribution in [3.63, 3.8) is 0 Å². The number of sulfonamides is 1. The number of hydrogen-bond donors (Lipinski definition) is 1. The quantitative estimate of drug-likeness (QED) is 0.736. The van der Waals surface area contributed by atoms with Crippen LogP contribution in [-0.2, 0) is 16.6 Å². The summed E-state index contributed by atoms with van der Waals surface area (Å²) in [6.07, 6.45) is 2.30. The molecule has 26 heavy (non-hydrogen) atoms. The molecule has 1 aliphatic heterocycles. The van der Waals surface area contributed by atoms with Crippen LogP contribution < -0.4 is 14.2 Å². The van der Waals surface area contributed by atoms with Crippen molar-refractivity contribution < 1.29 is 26.7 Å². The second-order valence-corrected chi connectivity index (χ2v) is 7.49. The van der Waals surface area contributed by atoms with Gasteiger partial charge in [-0.3, -0.25) is 0 Å². The molecule has 4 rings (SSSR count). The molecule has 2 aromatic heterocycles. The molecule has 8 heteroatoms. The van der Waals surface area contributed by atoms with E-state index in [9.17, 15) is 8.42 Å². The lowest BCUT2D eigenvalue weighted by Gasteiger charge is -2.10. The molecule has 0 spiro atoms. The first-order chi connectivity index (χ1) is 12.6. The predicted molar refractivity (Wildman–Crippen MR) is 92.5 cm³/mol. The van der Waals surface area contributed by atoms with Crippen molar-refractivity contribution in [1.82, 2.24) is 4.72 Å².